The first kappa shape index (κ1) is 21.7. The third-order valence-corrected chi connectivity index (χ3v) is 8.70. The van der Waals surface area contributed by atoms with Gasteiger partial charge in [0.2, 0.25) is 0 Å². The zero-order valence-electron chi connectivity index (χ0n) is 20.7. The molecule has 180 valence electrons. The Morgan fingerprint density at radius 3 is 2.53 bits per heavy atom. The Kier molecular flexibility index (Phi) is 5.31. The van der Waals surface area contributed by atoms with E-state index in [4.69, 9.17) is 14.1 Å². The van der Waals surface area contributed by atoms with Crippen LogP contribution < -0.4 is 4.74 Å². The van der Waals surface area contributed by atoms with Crippen molar-refractivity contribution in [1.29, 1.82) is 0 Å². The van der Waals surface area contributed by atoms with Crippen LogP contribution >= 0.6 is 0 Å². The molecular weight excluding hydrogens is 442 g/mol. The lowest BCUT2D eigenvalue weighted by atomic mass is 9.63. The molecule has 2 aromatic heterocycles. The number of para-hydroxylation sites is 1. The number of rotatable bonds is 5. The Hall–Kier alpha value is -3.59. The lowest BCUT2D eigenvalue weighted by Gasteiger charge is -2.42. The highest BCUT2D eigenvalue weighted by atomic mass is 16.5. The molecular formula is C33H31NO2. The molecule has 3 nitrogen and oxygen atoms in total. The molecule has 5 aromatic rings. The minimum atomic E-state index is 0.850. The van der Waals surface area contributed by atoms with Crippen LogP contribution in [0.4, 0.5) is 0 Å². The Balaban J connectivity index is 1.21. The molecule has 1 atom stereocenters. The smallest absolute Gasteiger partial charge is 0.136 e. The van der Waals surface area contributed by atoms with E-state index in [0.717, 1.165) is 67.8 Å². The van der Waals surface area contributed by atoms with Crippen molar-refractivity contribution in [3.63, 3.8) is 0 Å². The fourth-order valence-corrected chi connectivity index (χ4v) is 6.82. The molecule has 0 saturated heterocycles. The van der Waals surface area contributed by atoms with Crippen molar-refractivity contribution in [1.82, 2.24) is 4.98 Å². The van der Waals surface area contributed by atoms with Gasteiger partial charge in [-0.2, -0.15) is 0 Å². The zero-order chi connectivity index (χ0) is 24.1. The van der Waals surface area contributed by atoms with Crippen molar-refractivity contribution in [2.45, 2.75) is 38.5 Å². The second-order valence-corrected chi connectivity index (χ2v) is 10.8. The largest absolute Gasteiger partial charge is 0.496 e. The summed E-state index contributed by atoms with van der Waals surface area (Å²) in [6.07, 6.45) is 10.4. The molecule has 0 spiro atoms. The average Bonchev–Trinajstić information content (AvgIpc) is 3.31. The molecule has 0 N–H and O–H groups in total. The lowest BCUT2D eigenvalue weighted by molar-refractivity contribution is 0.0991. The number of methoxy groups -OCH3 is 1. The summed E-state index contributed by atoms with van der Waals surface area (Å²) in [4.78, 5) is 4.73. The molecule has 3 saturated carbocycles. The number of aromatic nitrogens is 1. The number of pyridine rings is 1. The summed E-state index contributed by atoms with van der Waals surface area (Å²) in [7, 11) is 1.72. The first-order chi connectivity index (χ1) is 17.7. The lowest BCUT2D eigenvalue weighted by Crippen LogP contribution is -2.32. The van der Waals surface area contributed by atoms with Crippen molar-refractivity contribution < 1.29 is 9.15 Å². The van der Waals surface area contributed by atoms with E-state index < -0.39 is 0 Å². The normalized spacial score (nSPS) is 21.3. The second-order valence-electron chi connectivity index (χ2n) is 10.8. The topological polar surface area (TPSA) is 35.3 Å². The monoisotopic (exact) mass is 473 g/mol. The number of nitrogens with zero attached hydrogens (tertiary/aromatic N) is 1. The molecule has 0 radical (unpaired) electrons. The molecule has 3 aliphatic rings. The second kappa shape index (κ2) is 8.81. The van der Waals surface area contributed by atoms with Gasteiger partial charge in [-0.25, -0.2) is 0 Å². The Morgan fingerprint density at radius 1 is 0.833 bits per heavy atom. The van der Waals surface area contributed by atoms with Gasteiger partial charge in [0.05, 0.1) is 12.8 Å². The van der Waals surface area contributed by atoms with Gasteiger partial charge in [0, 0.05) is 28.1 Å². The highest BCUT2D eigenvalue weighted by Crippen LogP contribution is 2.46. The van der Waals surface area contributed by atoms with E-state index in [-0.39, 0.29) is 0 Å². The predicted octanol–water partition coefficient (Wildman–Crippen LogP) is 8.69. The van der Waals surface area contributed by atoms with Crippen LogP contribution in [-0.2, 0) is 6.42 Å². The molecule has 2 bridgehead atoms. The van der Waals surface area contributed by atoms with Crippen LogP contribution in [0.25, 0.3) is 44.3 Å². The van der Waals surface area contributed by atoms with Crippen LogP contribution in [0.15, 0.2) is 83.4 Å². The molecule has 2 heterocycles. The standard InChI is InChI=1S/C33H31NO2/c1-35-31-5-3-2-4-27(31)24-11-13-32-29(19-24)28-12-10-25(20-33(28)36-32)30-18-22(14-15-34-30)17-26-16-21-6-8-23(26)9-7-21/h2-5,10-15,18-21,23,26H,6-9,16-17H2,1H3. The molecule has 3 heteroatoms. The van der Waals surface area contributed by atoms with E-state index in [0.29, 0.717) is 0 Å². The van der Waals surface area contributed by atoms with Crippen LogP contribution in [0, 0.1) is 17.8 Å². The summed E-state index contributed by atoms with van der Waals surface area (Å²) >= 11 is 0. The number of furan rings is 1. The summed E-state index contributed by atoms with van der Waals surface area (Å²) in [5.74, 6) is 3.63. The minimum Gasteiger partial charge on any atom is -0.496 e. The molecule has 0 amide bonds. The van der Waals surface area contributed by atoms with E-state index in [2.05, 4.69) is 54.6 Å². The van der Waals surface area contributed by atoms with Gasteiger partial charge >= 0.3 is 0 Å². The third kappa shape index (κ3) is 3.78. The summed E-state index contributed by atoms with van der Waals surface area (Å²) in [5.41, 5.74) is 7.57. The molecule has 0 aliphatic heterocycles. The highest BCUT2D eigenvalue weighted by Gasteiger charge is 2.35. The molecule has 8 rings (SSSR count). The summed E-state index contributed by atoms with van der Waals surface area (Å²) in [5, 5.41) is 2.24. The van der Waals surface area contributed by atoms with Crippen molar-refractivity contribution in [2.24, 2.45) is 17.8 Å². The van der Waals surface area contributed by atoms with Crippen LogP contribution in [-0.4, -0.2) is 12.1 Å². The highest BCUT2D eigenvalue weighted by molar-refractivity contribution is 6.07. The maximum Gasteiger partial charge on any atom is 0.136 e. The van der Waals surface area contributed by atoms with E-state index in [1.165, 1.54) is 44.1 Å². The summed E-state index contributed by atoms with van der Waals surface area (Å²) < 4.78 is 11.9. The van der Waals surface area contributed by atoms with E-state index in [1.807, 2.05) is 24.4 Å². The maximum absolute atomic E-state index is 6.29. The number of ether oxygens (including phenoxy) is 1. The zero-order valence-corrected chi connectivity index (χ0v) is 20.7. The Bertz CT molecular complexity index is 1560. The van der Waals surface area contributed by atoms with Crippen molar-refractivity contribution in [3.8, 4) is 28.1 Å². The number of hydrogen-bond donors (Lipinski definition) is 0. The van der Waals surface area contributed by atoms with E-state index >= 15 is 0 Å². The molecule has 1 unspecified atom stereocenters. The van der Waals surface area contributed by atoms with Gasteiger partial charge in [-0.3, -0.25) is 4.98 Å². The maximum atomic E-state index is 6.29. The van der Waals surface area contributed by atoms with Gasteiger partial charge in [-0.15, -0.1) is 0 Å². The van der Waals surface area contributed by atoms with Gasteiger partial charge < -0.3 is 9.15 Å². The van der Waals surface area contributed by atoms with Crippen LogP contribution in [0.5, 0.6) is 5.75 Å². The average molecular weight is 474 g/mol. The molecule has 3 aliphatic carbocycles. The third-order valence-electron chi connectivity index (χ3n) is 8.70. The number of fused-ring (bicyclic) bond motifs is 6. The van der Waals surface area contributed by atoms with Gasteiger partial charge in [0.1, 0.15) is 16.9 Å². The molecule has 36 heavy (non-hydrogen) atoms. The summed E-state index contributed by atoms with van der Waals surface area (Å²) in [6.45, 7) is 0. The number of benzene rings is 3. The molecule has 3 fully saturated rings. The first-order valence-corrected chi connectivity index (χ1v) is 13.3. The van der Waals surface area contributed by atoms with Crippen molar-refractivity contribution in [3.05, 3.63) is 84.6 Å². The summed E-state index contributed by atoms with van der Waals surface area (Å²) in [6, 6.07) is 25.5. The molecule has 3 aromatic carbocycles. The van der Waals surface area contributed by atoms with Gasteiger partial charge in [-0.1, -0.05) is 43.2 Å². The van der Waals surface area contributed by atoms with Crippen LogP contribution in [0.2, 0.25) is 0 Å². The fraction of sp³-hybridized carbons (Fsp3) is 0.303. The quantitative estimate of drug-likeness (QED) is 0.256. The van der Waals surface area contributed by atoms with E-state index in [9.17, 15) is 0 Å². The van der Waals surface area contributed by atoms with Crippen LogP contribution in [0.1, 0.15) is 37.7 Å². The SMILES string of the molecule is COc1ccccc1-c1ccc2oc3cc(-c4cc(CC5CC6CCC5CC6)ccn4)ccc3c2c1. The number of hydrogen-bond acceptors (Lipinski definition) is 3. The van der Waals surface area contributed by atoms with Crippen molar-refractivity contribution in [2.75, 3.05) is 7.11 Å². The van der Waals surface area contributed by atoms with Gasteiger partial charge in [-0.05, 0) is 97.0 Å². The Morgan fingerprint density at radius 2 is 1.69 bits per heavy atom. The minimum absolute atomic E-state index is 0.850. The first-order valence-electron chi connectivity index (χ1n) is 13.3. The van der Waals surface area contributed by atoms with Gasteiger partial charge in [0.25, 0.3) is 0 Å². The van der Waals surface area contributed by atoms with Gasteiger partial charge in [0.15, 0.2) is 0 Å². The fourth-order valence-electron chi connectivity index (χ4n) is 6.82. The Labute approximate surface area is 212 Å². The van der Waals surface area contributed by atoms with Crippen LogP contribution in [0.3, 0.4) is 0 Å². The van der Waals surface area contributed by atoms with E-state index in [1.54, 1.807) is 7.11 Å². The van der Waals surface area contributed by atoms with Crippen molar-refractivity contribution >= 4 is 21.9 Å². The predicted molar refractivity (Wildman–Crippen MR) is 146 cm³/mol.